The van der Waals surface area contributed by atoms with Crippen LogP contribution in [0, 0.1) is 20.8 Å². The van der Waals surface area contributed by atoms with E-state index >= 15 is 0 Å². The standard InChI is InChI=1S/C24H27N7O/c1-16-7-6-8-17(2)22(16)27-21(32)15-29-11-13-30(14-12-29)24-26-20-10-5-4-9-19(20)23-25-18(3)28-31(23)24/h4-10H,11-15H2,1-3H3,(H,27,32). The van der Waals surface area contributed by atoms with E-state index in [1.54, 1.807) is 0 Å². The van der Waals surface area contributed by atoms with Crippen molar-refractivity contribution >= 4 is 34.1 Å². The number of rotatable bonds is 4. The Balaban J connectivity index is 1.29. The Hall–Kier alpha value is -3.52. The van der Waals surface area contributed by atoms with Gasteiger partial charge in [0.1, 0.15) is 5.82 Å². The van der Waals surface area contributed by atoms with Crippen LogP contribution in [0.1, 0.15) is 17.0 Å². The molecule has 4 aromatic rings. The molecule has 2 aromatic heterocycles. The Morgan fingerprint density at radius 3 is 2.41 bits per heavy atom. The summed E-state index contributed by atoms with van der Waals surface area (Å²) in [6, 6.07) is 14.1. The number of aryl methyl sites for hydroxylation is 3. The number of nitrogens with zero attached hydrogens (tertiary/aromatic N) is 6. The summed E-state index contributed by atoms with van der Waals surface area (Å²) < 4.78 is 1.85. The second-order valence-electron chi connectivity index (χ2n) is 8.40. The van der Waals surface area contributed by atoms with Gasteiger partial charge < -0.3 is 10.2 Å². The fourth-order valence-corrected chi connectivity index (χ4v) is 4.35. The monoisotopic (exact) mass is 429 g/mol. The lowest BCUT2D eigenvalue weighted by molar-refractivity contribution is -0.117. The number of nitrogens with one attached hydrogen (secondary N) is 1. The molecule has 0 aliphatic carbocycles. The molecule has 164 valence electrons. The van der Waals surface area contributed by atoms with Crippen LogP contribution in [-0.2, 0) is 4.79 Å². The Kier molecular flexibility index (Phi) is 5.22. The topological polar surface area (TPSA) is 78.7 Å². The summed E-state index contributed by atoms with van der Waals surface area (Å²) in [5, 5.41) is 8.68. The van der Waals surface area contributed by atoms with Gasteiger partial charge in [-0.1, -0.05) is 30.3 Å². The molecule has 0 radical (unpaired) electrons. The number of anilines is 2. The fourth-order valence-electron chi connectivity index (χ4n) is 4.35. The predicted octanol–water partition coefficient (Wildman–Crippen LogP) is 2.96. The van der Waals surface area contributed by atoms with Crippen molar-refractivity contribution in [3.8, 4) is 0 Å². The number of hydrogen-bond acceptors (Lipinski definition) is 6. The van der Waals surface area contributed by atoms with Crippen LogP contribution in [0.5, 0.6) is 0 Å². The molecule has 0 saturated carbocycles. The van der Waals surface area contributed by atoms with Crippen LogP contribution in [-0.4, -0.2) is 63.1 Å². The van der Waals surface area contributed by atoms with Crippen molar-refractivity contribution in [2.24, 2.45) is 0 Å². The van der Waals surface area contributed by atoms with Gasteiger partial charge in [0.15, 0.2) is 5.65 Å². The van der Waals surface area contributed by atoms with E-state index in [4.69, 9.17) is 4.98 Å². The zero-order chi connectivity index (χ0) is 22.2. The number of para-hydroxylation sites is 2. The lowest BCUT2D eigenvalue weighted by atomic mass is 10.1. The number of amides is 1. The van der Waals surface area contributed by atoms with Crippen molar-refractivity contribution in [3.63, 3.8) is 0 Å². The van der Waals surface area contributed by atoms with Crippen LogP contribution < -0.4 is 10.2 Å². The molecule has 8 nitrogen and oxygen atoms in total. The quantitative estimate of drug-likeness (QED) is 0.537. The number of carbonyl (C=O) groups is 1. The average Bonchev–Trinajstić information content (AvgIpc) is 3.18. The van der Waals surface area contributed by atoms with Gasteiger partial charge in [-0.15, -0.1) is 5.10 Å². The van der Waals surface area contributed by atoms with Gasteiger partial charge >= 0.3 is 0 Å². The molecule has 2 aromatic carbocycles. The first kappa shape index (κ1) is 20.4. The van der Waals surface area contributed by atoms with E-state index in [1.165, 1.54) is 0 Å². The molecule has 5 rings (SSSR count). The van der Waals surface area contributed by atoms with Gasteiger partial charge in [0.2, 0.25) is 11.9 Å². The minimum absolute atomic E-state index is 0.0222. The van der Waals surface area contributed by atoms with Crippen LogP contribution >= 0.6 is 0 Å². The van der Waals surface area contributed by atoms with Crippen LogP contribution in [0.25, 0.3) is 16.6 Å². The largest absolute Gasteiger partial charge is 0.338 e. The number of hydrogen-bond donors (Lipinski definition) is 1. The van der Waals surface area contributed by atoms with Crippen molar-refractivity contribution in [1.82, 2.24) is 24.5 Å². The van der Waals surface area contributed by atoms with Gasteiger partial charge in [-0.2, -0.15) is 4.52 Å². The summed E-state index contributed by atoms with van der Waals surface area (Å²) >= 11 is 0. The third kappa shape index (κ3) is 3.78. The number of piperazine rings is 1. The molecule has 1 N–H and O–H groups in total. The summed E-state index contributed by atoms with van der Waals surface area (Å²) in [4.78, 5) is 26.6. The molecule has 32 heavy (non-hydrogen) atoms. The van der Waals surface area contributed by atoms with Crippen molar-refractivity contribution in [3.05, 3.63) is 59.4 Å². The third-order valence-electron chi connectivity index (χ3n) is 6.04. The highest BCUT2D eigenvalue weighted by atomic mass is 16.2. The number of aromatic nitrogens is 4. The van der Waals surface area contributed by atoms with Gasteiger partial charge in [0.25, 0.3) is 0 Å². The minimum atomic E-state index is 0.0222. The second kappa shape index (κ2) is 8.20. The van der Waals surface area contributed by atoms with Gasteiger partial charge in [-0.25, -0.2) is 9.97 Å². The maximum atomic E-state index is 12.7. The minimum Gasteiger partial charge on any atom is -0.338 e. The molecule has 0 unspecified atom stereocenters. The Bertz CT molecular complexity index is 1280. The molecule has 1 amide bonds. The summed E-state index contributed by atoms with van der Waals surface area (Å²) in [6.45, 7) is 9.43. The van der Waals surface area contributed by atoms with Crippen molar-refractivity contribution in [1.29, 1.82) is 0 Å². The molecule has 1 saturated heterocycles. The maximum Gasteiger partial charge on any atom is 0.238 e. The first-order chi connectivity index (χ1) is 15.5. The maximum absolute atomic E-state index is 12.7. The SMILES string of the molecule is Cc1nc2c3ccccc3nc(N3CCN(CC(=O)Nc4c(C)cccc4C)CC3)n2n1. The molecule has 0 spiro atoms. The number of benzene rings is 2. The zero-order valence-corrected chi connectivity index (χ0v) is 18.7. The highest BCUT2D eigenvalue weighted by Crippen LogP contribution is 2.24. The van der Waals surface area contributed by atoms with E-state index in [2.05, 4.69) is 25.2 Å². The van der Waals surface area contributed by atoms with Crippen LogP contribution in [0.15, 0.2) is 42.5 Å². The van der Waals surface area contributed by atoms with Crippen LogP contribution in [0.2, 0.25) is 0 Å². The Morgan fingerprint density at radius 1 is 0.938 bits per heavy atom. The second-order valence-corrected chi connectivity index (χ2v) is 8.40. The molecule has 8 heteroatoms. The highest BCUT2D eigenvalue weighted by Gasteiger charge is 2.23. The first-order valence-corrected chi connectivity index (χ1v) is 10.9. The molecule has 1 aliphatic heterocycles. The molecule has 0 atom stereocenters. The molecule has 1 fully saturated rings. The molecule has 3 heterocycles. The van der Waals surface area contributed by atoms with Crippen molar-refractivity contribution in [2.45, 2.75) is 20.8 Å². The lowest BCUT2D eigenvalue weighted by Crippen LogP contribution is -2.49. The van der Waals surface area contributed by atoms with Crippen molar-refractivity contribution < 1.29 is 4.79 Å². The van der Waals surface area contributed by atoms with E-state index in [1.807, 2.05) is 67.8 Å². The smallest absolute Gasteiger partial charge is 0.238 e. The van der Waals surface area contributed by atoms with E-state index in [9.17, 15) is 4.79 Å². The molecular formula is C24H27N7O. The molecule has 0 bridgehead atoms. The Morgan fingerprint density at radius 2 is 1.66 bits per heavy atom. The molecular weight excluding hydrogens is 402 g/mol. The molecule has 1 aliphatic rings. The number of fused-ring (bicyclic) bond motifs is 3. The summed E-state index contributed by atoms with van der Waals surface area (Å²) in [5.41, 5.74) is 4.83. The van der Waals surface area contributed by atoms with Crippen molar-refractivity contribution in [2.75, 3.05) is 42.9 Å². The van der Waals surface area contributed by atoms with E-state index in [0.29, 0.717) is 6.54 Å². The van der Waals surface area contributed by atoms with Gasteiger partial charge in [-0.05, 0) is 44.0 Å². The summed E-state index contributed by atoms with van der Waals surface area (Å²) in [7, 11) is 0. The number of carbonyl (C=O) groups excluding carboxylic acids is 1. The van der Waals surface area contributed by atoms with Gasteiger partial charge in [0, 0.05) is 37.3 Å². The highest BCUT2D eigenvalue weighted by molar-refractivity contribution is 5.94. The fraction of sp³-hybridized carbons (Fsp3) is 0.333. The van der Waals surface area contributed by atoms with E-state index < -0.39 is 0 Å². The normalized spacial score (nSPS) is 14.9. The first-order valence-electron chi connectivity index (χ1n) is 10.9. The summed E-state index contributed by atoms with van der Waals surface area (Å²) in [5.74, 6) is 1.55. The zero-order valence-electron chi connectivity index (χ0n) is 18.7. The Labute approximate surface area is 186 Å². The van der Waals surface area contributed by atoms with Gasteiger partial charge in [-0.3, -0.25) is 9.69 Å². The van der Waals surface area contributed by atoms with Crippen LogP contribution in [0.4, 0.5) is 11.6 Å². The van der Waals surface area contributed by atoms with Crippen LogP contribution in [0.3, 0.4) is 0 Å². The lowest BCUT2D eigenvalue weighted by Gasteiger charge is -2.34. The van der Waals surface area contributed by atoms with E-state index in [0.717, 1.165) is 71.3 Å². The van der Waals surface area contributed by atoms with Gasteiger partial charge in [0.05, 0.1) is 12.1 Å². The van der Waals surface area contributed by atoms with E-state index in [-0.39, 0.29) is 5.91 Å². The third-order valence-corrected chi connectivity index (χ3v) is 6.04. The average molecular weight is 430 g/mol. The predicted molar refractivity (Wildman–Crippen MR) is 126 cm³/mol. The summed E-state index contributed by atoms with van der Waals surface area (Å²) in [6.07, 6.45) is 0.